The monoisotopic (exact) mass is 312 g/mol. The van der Waals surface area contributed by atoms with Crippen molar-refractivity contribution < 1.29 is 9.72 Å². The lowest BCUT2D eigenvalue weighted by molar-refractivity contribution is -0.385. The fourth-order valence-corrected chi connectivity index (χ4v) is 2.66. The first kappa shape index (κ1) is 17.4. The van der Waals surface area contributed by atoms with E-state index < -0.39 is 10.8 Å². The van der Waals surface area contributed by atoms with E-state index in [-0.39, 0.29) is 16.7 Å². The van der Waals surface area contributed by atoms with Gasteiger partial charge in [-0.1, -0.05) is 26.0 Å². The molecule has 0 radical (unpaired) electrons. The first-order valence-corrected chi connectivity index (χ1v) is 7.52. The standard InChI is InChI=1S/C15H21ClN2O3/c1-4-15(5-2,9-16)10-17-14(19)13-11(3)7-6-8-12(13)18(20)21/h6-8H,4-5,9-10H2,1-3H3,(H,17,19). The SMILES string of the molecule is CCC(CC)(CCl)CNC(=O)c1c(C)cccc1[N+](=O)[O-]. The Balaban J connectivity index is 2.98. The van der Waals surface area contributed by atoms with Gasteiger partial charge in [0.05, 0.1) is 4.92 Å². The molecule has 0 atom stereocenters. The van der Waals surface area contributed by atoms with Crippen molar-refractivity contribution >= 4 is 23.2 Å². The normalized spacial score (nSPS) is 11.2. The number of benzene rings is 1. The van der Waals surface area contributed by atoms with Crippen molar-refractivity contribution in [1.82, 2.24) is 5.32 Å². The number of aryl methyl sites for hydroxylation is 1. The molecule has 1 aromatic rings. The Morgan fingerprint density at radius 2 is 2.00 bits per heavy atom. The van der Waals surface area contributed by atoms with Gasteiger partial charge in [-0.25, -0.2) is 0 Å². The molecule has 0 aromatic heterocycles. The van der Waals surface area contributed by atoms with Gasteiger partial charge in [0, 0.05) is 23.9 Å². The van der Waals surface area contributed by atoms with Gasteiger partial charge in [0.1, 0.15) is 5.56 Å². The molecule has 0 fully saturated rings. The average Bonchev–Trinajstić information content (AvgIpc) is 2.48. The maximum absolute atomic E-state index is 12.3. The number of nitro groups is 1. The highest BCUT2D eigenvalue weighted by Gasteiger charge is 2.28. The van der Waals surface area contributed by atoms with Crippen LogP contribution in [0.2, 0.25) is 0 Å². The smallest absolute Gasteiger partial charge is 0.282 e. The number of alkyl halides is 1. The van der Waals surface area contributed by atoms with Crippen molar-refractivity contribution in [2.75, 3.05) is 12.4 Å². The number of rotatable bonds is 7. The molecule has 0 saturated heterocycles. The number of carbonyl (C=O) groups is 1. The zero-order valence-corrected chi connectivity index (χ0v) is 13.4. The van der Waals surface area contributed by atoms with Crippen molar-refractivity contribution in [3.8, 4) is 0 Å². The van der Waals surface area contributed by atoms with Crippen molar-refractivity contribution in [3.05, 3.63) is 39.4 Å². The number of amides is 1. The Kier molecular flexibility index (Phi) is 6.15. The number of hydrogen-bond donors (Lipinski definition) is 1. The Hall–Kier alpha value is -1.62. The van der Waals surface area contributed by atoms with E-state index in [0.717, 1.165) is 12.8 Å². The van der Waals surface area contributed by atoms with Gasteiger partial charge in [0.25, 0.3) is 11.6 Å². The molecule has 0 aliphatic heterocycles. The van der Waals surface area contributed by atoms with Crippen molar-refractivity contribution in [1.29, 1.82) is 0 Å². The minimum Gasteiger partial charge on any atom is -0.351 e. The summed E-state index contributed by atoms with van der Waals surface area (Å²) in [6.45, 7) is 6.15. The summed E-state index contributed by atoms with van der Waals surface area (Å²) in [4.78, 5) is 22.8. The van der Waals surface area contributed by atoms with E-state index in [9.17, 15) is 14.9 Å². The van der Waals surface area contributed by atoms with Crippen LogP contribution in [0.5, 0.6) is 0 Å². The maximum Gasteiger partial charge on any atom is 0.282 e. The molecule has 1 amide bonds. The third-order valence-electron chi connectivity index (χ3n) is 4.08. The van der Waals surface area contributed by atoms with Gasteiger partial charge in [-0.05, 0) is 25.3 Å². The van der Waals surface area contributed by atoms with Crippen molar-refractivity contribution in [2.24, 2.45) is 5.41 Å². The third kappa shape index (κ3) is 3.94. The largest absolute Gasteiger partial charge is 0.351 e. The highest BCUT2D eigenvalue weighted by Crippen LogP contribution is 2.28. The number of hydrogen-bond acceptors (Lipinski definition) is 3. The number of nitrogens with one attached hydrogen (secondary N) is 1. The van der Waals surface area contributed by atoms with Crippen LogP contribution in [0, 0.1) is 22.5 Å². The molecule has 0 heterocycles. The lowest BCUT2D eigenvalue weighted by atomic mass is 9.84. The van der Waals surface area contributed by atoms with Gasteiger partial charge in [0.2, 0.25) is 0 Å². The zero-order chi connectivity index (χ0) is 16.0. The highest BCUT2D eigenvalue weighted by atomic mass is 35.5. The van der Waals surface area contributed by atoms with Gasteiger partial charge < -0.3 is 5.32 Å². The molecule has 5 nitrogen and oxygen atoms in total. The van der Waals surface area contributed by atoms with E-state index in [1.54, 1.807) is 19.1 Å². The van der Waals surface area contributed by atoms with E-state index >= 15 is 0 Å². The van der Waals surface area contributed by atoms with Crippen LogP contribution in [-0.4, -0.2) is 23.3 Å². The Labute approximate surface area is 129 Å². The fraction of sp³-hybridized carbons (Fsp3) is 0.533. The maximum atomic E-state index is 12.3. The van der Waals surface area contributed by atoms with Crippen LogP contribution < -0.4 is 5.32 Å². The summed E-state index contributed by atoms with van der Waals surface area (Å²) in [5.41, 5.74) is 0.371. The molecule has 0 aliphatic carbocycles. The van der Waals surface area contributed by atoms with E-state index in [1.165, 1.54) is 6.07 Å². The van der Waals surface area contributed by atoms with Crippen molar-refractivity contribution in [3.63, 3.8) is 0 Å². The lowest BCUT2D eigenvalue weighted by Crippen LogP contribution is -2.38. The second kappa shape index (κ2) is 7.41. The number of carbonyl (C=O) groups excluding carboxylic acids is 1. The van der Waals surface area contributed by atoms with E-state index in [4.69, 9.17) is 11.6 Å². The van der Waals surface area contributed by atoms with Crippen LogP contribution in [0.3, 0.4) is 0 Å². The fourth-order valence-electron chi connectivity index (χ4n) is 2.19. The minimum absolute atomic E-state index is 0.123. The first-order valence-electron chi connectivity index (χ1n) is 6.99. The lowest BCUT2D eigenvalue weighted by Gasteiger charge is -2.29. The second-order valence-electron chi connectivity index (χ2n) is 5.25. The van der Waals surface area contributed by atoms with Crippen LogP contribution >= 0.6 is 11.6 Å². The number of nitrogens with zero attached hydrogens (tertiary/aromatic N) is 1. The quantitative estimate of drug-likeness (QED) is 0.474. The molecule has 116 valence electrons. The summed E-state index contributed by atoms with van der Waals surface area (Å²) in [5, 5.41) is 13.9. The van der Waals surface area contributed by atoms with E-state index in [2.05, 4.69) is 5.32 Å². The van der Waals surface area contributed by atoms with Crippen molar-refractivity contribution in [2.45, 2.75) is 33.6 Å². The van der Waals surface area contributed by atoms with Gasteiger partial charge in [-0.2, -0.15) is 0 Å². The van der Waals surface area contributed by atoms with Crippen LogP contribution in [0.4, 0.5) is 5.69 Å². The molecule has 1 aromatic carbocycles. The third-order valence-corrected chi connectivity index (χ3v) is 4.65. The topological polar surface area (TPSA) is 72.2 Å². The van der Waals surface area contributed by atoms with Gasteiger partial charge in [-0.15, -0.1) is 11.6 Å². The first-order chi connectivity index (χ1) is 9.90. The molecular formula is C15H21ClN2O3. The molecule has 0 bridgehead atoms. The van der Waals surface area contributed by atoms with E-state index in [1.807, 2.05) is 13.8 Å². The predicted octanol–water partition coefficient (Wildman–Crippen LogP) is 3.68. The second-order valence-corrected chi connectivity index (χ2v) is 5.52. The molecule has 0 aliphatic rings. The summed E-state index contributed by atoms with van der Waals surface area (Å²) >= 11 is 6.01. The predicted molar refractivity (Wildman–Crippen MR) is 83.9 cm³/mol. The molecular weight excluding hydrogens is 292 g/mol. The van der Waals surface area contributed by atoms with Crippen LogP contribution in [0.25, 0.3) is 0 Å². The van der Waals surface area contributed by atoms with E-state index in [0.29, 0.717) is 18.0 Å². The van der Waals surface area contributed by atoms with Gasteiger partial charge >= 0.3 is 0 Å². The highest BCUT2D eigenvalue weighted by molar-refractivity contribution is 6.18. The van der Waals surface area contributed by atoms with Gasteiger partial charge in [0.15, 0.2) is 0 Å². The Morgan fingerprint density at radius 3 is 2.48 bits per heavy atom. The summed E-state index contributed by atoms with van der Waals surface area (Å²) < 4.78 is 0. The summed E-state index contributed by atoms with van der Waals surface area (Å²) in [7, 11) is 0. The Bertz CT molecular complexity index is 519. The molecule has 1 N–H and O–H groups in total. The molecule has 6 heteroatoms. The average molecular weight is 313 g/mol. The summed E-state index contributed by atoms with van der Waals surface area (Å²) in [5.74, 6) is 0.0204. The molecule has 1 rings (SSSR count). The van der Waals surface area contributed by atoms with Gasteiger partial charge in [-0.3, -0.25) is 14.9 Å². The number of halogens is 1. The Morgan fingerprint density at radius 1 is 1.38 bits per heavy atom. The van der Waals surface area contributed by atoms with Crippen LogP contribution in [0.15, 0.2) is 18.2 Å². The zero-order valence-electron chi connectivity index (χ0n) is 12.6. The molecule has 0 spiro atoms. The minimum atomic E-state index is -0.531. The van der Waals surface area contributed by atoms with Crippen LogP contribution in [0.1, 0.15) is 42.6 Å². The summed E-state index contributed by atoms with van der Waals surface area (Å²) in [6, 6.07) is 4.61. The van der Waals surface area contributed by atoms with Crippen LogP contribution in [-0.2, 0) is 0 Å². The number of nitro benzene ring substituents is 1. The molecule has 0 saturated carbocycles. The molecule has 0 unspecified atom stereocenters. The summed E-state index contributed by atoms with van der Waals surface area (Å²) in [6.07, 6.45) is 1.67. The molecule has 21 heavy (non-hydrogen) atoms.